The van der Waals surface area contributed by atoms with Crippen LogP contribution in [0.3, 0.4) is 0 Å². The minimum Gasteiger partial charge on any atom is -0.394 e. The number of benzene rings is 5. The number of aliphatic hydroxyl groups is 6. The molecule has 0 aliphatic carbocycles. The normalized spacial score (nSPS) is 20.7. The third kappa shape index (κ3) is 12.4. The van der Waals surface area contributed by atoms with Gasteiger partial charge in [-0.05, 0) is 91.1 Å². The summed E-state index contributed by atoms with van der Waals surface area (Å²) in [5.74, 6) is 0.662. The number of aryl methyl sites for hydroxylation is 2. The molecule has 6 heterocycles. The second-order valence-corrected chi connectivity index (χ2v) is 19.4. The molecule has 79 heavy (non-hydrogen) atoms. The molecule has 0 saturated carbocycles. The second kappa shape index (κ2) is 24.0. The van der Waals surface area contributed by atoms with Crippen molar-refractivity contribution in [3.05, 3.63) is 180 Å². The SMILES string of the molecule is Cc1ccc(Cc2ccc(NC(=O)Cc3ccc(Nc4ncnc5c4ncn5C4OC(CO)C(O)C4O)cc3)cc2)cc1.Cc1ccc(NC(=O)Cc2ccc(Nc3ncnc4c3ncn4C3OC(CO)C(O)C3O)cc2)cc1. The third-order valence-corrected chi connectivity index (χ3v) is 13.6. The van der Waals surface area contributed by atoms with Gasteiger partial charge in [-0.2, -0.15) is 0 Å². The van der Waals surface area contributed by atoms with Crippen LogP contribution in [0.4, 0.5) is 34.4 Å². The lowest BCUT2D eigenvalue weighted by Gasteiger charge is -2.16. The molecule has 8 unspecified atom stereocenters. The maximum atomic E-state index is 12.7. The van der Waals surface area contributed by atoms with E-state index in [4.69, 9.17) is 9.47 Å². The summed E-state index contributed by atoms with van der Waals surface area (Å²) in [6.45, 7) is 3.21. The highest BCUT2D eigenvalue weighted by atomic mass is 16.6. The average Bonchev–Trinajstić information content (AvgIpc) is 4.30. The first-order valence-corrected chi connectivity index (χ1v) is 25.4. The maximum absolute atomic E-state index is 12.7. The minimum atomic E-state index is -1.26. The molecule has 10 N–H and O–H groups in total. The highest BCUT2D eigenvalue weighted by Gasteiger charge is 2.45. The largest absolute Gasteiger partial charge is 0.394 e. The van der Waals surface area contributed by atoms with Crippen molar-refractivity contribution in [3.63, 3.8) is 0 Å². The number of fused-ring (bicyclic) bond motifs is 2. The Morgan fingerprint density at radius 1 is 0.468 bits per heavy atom. The summed E-state index contributed by atoms with van der Waals surface area (Å²) in [5, 5.41) is 72.0. The zero-order valence-electron chi connectivity index (χ0n) is 42.9. The molecule has 22 nitrogen and oxygen atoms in total. The van der Waals surface area contributed by atoms with Crippen LogP contribution in [0.5, 0.6) is 0 Å². The number of aromatic nitrogens is 8. The van der Waals surface area contributed by atoms with Gasteiger partial charge in [0.1, 0.15) is 49.3 Å². The summed E-state index contributed by atoms with van der Waals surface area (Å²) in [4.78, 5) is 50.9. The lowest BCUT2D eigenvalue weighted by atomic mass is 10.0. The van der Waals surface area contributed by atoms with Crippen LogP contribution in [0, 0.1) is 13.8 Å². The number of hydrogen-bond acceptors (Lipinski definition) is 18. The Bertz CT molecular complexity index is 3530. The first-order valence-electron chi connectivity index (χ1n) is 25.4. The van der Waals surface area contributed by atoms with Gasteiger partial charge in [0.25, 0.3) is 0 Å². The lowest BCUT2D eigenvalue weighted by Crippen LogP contribution is -2.33. The fourth-order valence-electron chi connectivity index (χ4n) is 9.23. The van der Waals surface area contributed by atoms with Gasteiger partial charge in [-0.25, -0.2) is 29.9 Å². The van der Waals surface area contributed by atoms with Crippen molar-refractivity contribution in [1.29, 1.82) is 0 Å². The number of ether oxygens (including phenoxy) is 2. The number of anilines is 6. The monoisotopic (exact) mass is 1070 g/mol. The Labute approximate surface area is 452 Å². The Morgan fingerprint density at radius 3 is 1.22 bits per heavy atom. The van der Waals surface area contributed by atoms with Gasteiger partial charge in [0.15, 0.2) is 46.4 Å². The van der Waals surface area contributed by atoms with Gasteiger partial charge >= 0.3 is 0 Å². The smallest absolute Gasteiger partial charge is 0.228 e. The Kier molecular flexibility index (Phi) is 16.3. The summed E-state index contributed by atoms with van der Waals surface area (Å²) in [7, 11) is 0. The van der Waals surface area contributed by atoms with Crippen molar-refractivity contribution in [3.8, 4) is 0 Å². The van der Waals surface area contributed by atoms with Crippen molar-refractivity contribution in [2.24, 2.45) is 0 Å². The summed E-state index contributed by atoms with van der Waals surface area (Å²) < 4.78 is 14.2. The van der Waals surface area contributed by atoms with Crippen LogP contribution < -0.4 is 21.3 Å². The van der Waals surface area contributed by atoms with E-state index in [0.29, 0.717) is 34.0 Å². The zero-order valence-corrected chi connectivity index (χ0v) is 42.9. The number of hydrogen-bond donors (Lipinski definition) is 10. The number of rotatable bonds is 16. The average molecular weight is 1070 g/mol. The van der Waals surface area contributed by atoms with Gasteiger partial charge in [0, 0.05) is 22.7 Å². The van der Waals surface area contributed by atoms with E-state index in [9.17, 15) is 40.2 Å². The highest BCUT2D eigenvalue weighted by Crippen LogP contribution is 2.34. The predicted molar refractivity (Wildman–Crippen MR) is 292 cm³/mol. The van der Waals surface area contributed by atoms with Crippen LogP contribution in [0.2, 0.25) is 0 Å². The van der Waals surface area contributed by atoms with E-state index in [2.05, 4.69) is 82.4 Å². The lowest BCUT2D eigenvalue weighted by molar-refractivity contribution is -0.116. The van der Waals surface area contributed by atoms with Gasteiger partial charge in [-0.15, -0.1) is 0 Å². The van der Waals surface area contributed by atoms with Crippen LogP contribution in [-0.2, 0) is 38.3 Å². The molecule has 8 atom stereocenters. The number of carbonyl (C=O) groups is 2. The van der Waals surface area contributed by atoms with Crippen LogP contribution in [0.1, 0.15) is 45.8 Å². The van der Waals surface area contributed by atoms with Crippen LogP contribution >= 0.6 is 0 Å². The van der Waals surface area contributed by atoms with Crippen molar-refractivity contribution in [2.45, 2.75) is 82.2 Å². The number of imidazole rings is 2. The van der Waals surface area contributed by atoms with Crippen molar-refractivity contribution in [1.82, 2.24) is 39.0 Å². The van der Waals surface area contributed by atoms with E-state index in [1.165, 1.54) is 51.1 Å². The van der Waals surface area contributed by atoms with Crippen molar-refractivity contribution < 1.29 is 49.7 Å². The van der Waals surface area contributed by atoms with Crippen molar-refractivity contribution in [2.75, 3.05) is 34.5 Å². The topological polar surface area (TPSA) is 309 Å². The van der Waals surface area contributed by atoms with E-state index in [0.717, 1.165) is 45.9 Å². The van der Waals surface area contributed by atoms with Gasteiger partial charge in [0.05, 0.1) is 38.7 Å². The van der Waals surface area contributed by atoms with E-state index in [1.807, 2.05) is 104 Å². The van der Waals surface area contributed by atoms with Gasteiger partial charge in [-0.1, -0.05) is 83.9 Å². The van der Waals surface area contributed by atoms with Gasteiger partial charge < -0.3 is 61.4 Å². The molecule has 0 bridgehead atoms. The van der Waals surface area contributed by atoms with Crippen molar-refractivity contribution >= 4 is 68.5 Å². The number of carbonyl (C=O) groups excluding carboxylic acids is 2. The molecule has 2 saturated heterocycles. The molecule has 2 aliphatic rings. The van der Waals surface area contributed by atoms with Gasteiger partial charge in [0.2, 0.25) is 11.8 Å². The van der Waals surface area contributed by atoms with Crippen LogP contribution in [0.25, 0.3) is 22.3 Å². The molecule has 5 aromatic carbocycles. The summed E-state index contributed by atoms with van der Waals surface area (Å²) >= 11 is 0. The van der Waals surface area contributed by atoms with Crippen LogP contribution in [0.15, 0.2) is 147 Å². The molecule has 406 valence electrons. The quantitative estimate of drug-likeness (QED) is 0.0613. The molecule has 0 radical (unpaired) electrons. The molecule has 2 aliphatic heterocycles. The molecular weight excluding hydrogens is 1010 g/mol. The Hall–Kier alpha value is -8.58. The van der Waals surface area contributed by atoms with E-state index in [-0.39, 0.29) is 24.7 Å². The van der Waals surface area contributed by atoms with Crippen LogP contribution in [-0.4, -0.2) is 131 Å². The zero-order chi connectivity index (χ0) is 55.2. The molecular formula is C57H58N12O10. The Balaban J connectivity index is 0.000000181. The van der Waals surface area contributed by atoms with E-state index < -0.39 is 62.3 Å². The molecule has 0 spiro atoms. The summed E-state index contributed by atoms with van der Waals surface area (Å²) in [5.41, 5.74) is 11.1. The number of nitrogens with one attached hydrogen (secondary N) is 4. The second-order valence-electron chi connectivity index (χ2n) is 19.4. The molecule has 11 rings (SSSR count). The molecule has 9 aromatic rings. The summed E-state index contributed by atoms with van der Waals surface area (Å²) in [6.07, 6.45) is -1.78. The fourth-order valence-corrected chi connectivity index (χ4v) is 9.23. The molecule has 2 fully saturated rings. The minimum absolute atomic E-state index is 0.104. The maximum Gasteiger partial charge on any atom is 0.228 e. The molecule has 4 aromatic heterocycles. The fraction of sp³-hybridized carbons (Fsp3) is 0.263. The molecule has 22 heteroatoms. The first-order chi connectivity index (χ1) is 38.3. The standard InChI is InChI=1S/C32H32N6O5.C25H26N6O5/c1-19-2-4-20(5-3-19)14-21-6-10-23(11-7-21)36-26(40)15-22-8-12-24(13-9-22)37-30-27-31(34-17-33-30)38(18-35-27)32-29(42)28(41)25(16-39)43-32;1-14-2-6-16(7-3-14)29-19(33)10-15-4-8-17(9-5-15)30-23-20-24(27-12-26-23)31(13-28-20)25-22(35)21(34)18(11-32)36-25/h2-13,17-18,25,28-29,32,39,41-42H,14-16H2,1H3,(H,36,40)(H,33,34,37);2-9,12-13,18,21-22,25,32,34-35H,10-11H2,1H3,(H,29,33)(H,26,27,30). The third-order valence-electron chi connectivity index (χ3n) is 13.6. The Morgan fingerprint density at radius 2 is 0.823 bits per heavy atom. The molecule has 2 amide bonds. The summed E-state index contributed by atoms with van der Waals surface area (Å²) in [6, 6.07) is 38.8. The first kappa shape index (κ1) is 53.8. The number of nitrogens with zero attached hydrogens (tertiary/aromatic N) is 8. The highest BCUT2D eigenvalue weighted by molar-refractivity contribution is 5.93. The predicted octanol–water partition coefficient (Wildman–Crippen LogP) is 4.93. The van der Waals surface area contributed by atoms with E-state index in [1.54, 1.807) is 0 Å². The number of aliphatic hydroxyl groups excluding tert-OH is 6. The number of amides is 2. The van der Waals surface area contributed by atoms with E-state index >= 15 is 0 Å². The van der Waals surface area contributed by atoms with Gasteiger partial charge in [-0.3, -0.25) is 18.7 Å².